The number of nitrogens with one attached hydrogen (secondary N) is 1. The Balaban J connectivity index is 2.92. The molecule has 19 heavy (non-hydrogen) atoms. The number of hydrogen-bond acceptors (Lipinski definition) is 3. The second-order valence-electron chi connectivity index (χ2n) is 4.64. The monoisotopic (exact) mass is 339 g/mol. The van der Waals surface area contributed by atoms with Gasteiger partial charge in [0.05, 0.1) is 0 Å². The number of pyridine rings is 1. The van der Waals surface area contributed by atoms with Crippen molar-refractivity contribution in [3.05, 3.63) is 22.3 Å². The van der Waals surface area contributed by atoms with Crippen molar-refractivity contribution in [1.82, 2.24) is 10.3 Å². The summed E-state index contributed by atoms with van der Waals surface area (Å²) in [4.78, 5) is 5.19. The maximum absolute atomic E-state index is 12.4. The average Bonchev–Trinajstić information content (AvgIpc) is 2.23. The molecule has 0 unspecified atom stereocenters. The molecule has 1 heterocycles. The van der Waals surface area contributed by atoms with E-state index >= 15 is 0 Å². The van der Waals surface area contributed by atoms with Gasteiger partial charge >= 0.3 is 6.18 Å². The molecule has 0 bridgehead atoms. The van der Waals surface area contributed by atoms with E-state index in [4.69, 9.17) is 0 Å². The first-order valence-electron chi connectivity index (χ1n) is 5.84. The summed E-state index contributed by atoms with van der Waals surface area (Å²) in [5.41, 5.74) is 0.731. The van der Waals surface area contributed by atoms with Crippen LogP contribution >= 0.6 is 15.9 Å². The third-order valence-electron chi connectivity index (χ3n) is 2.39. The molecule has 7 heteroatoms. The lowest BCUT2D eigenvalue weighted by Crippen LogP contribution is -2.33. The highest BCUT2D eigenvalue weighted by Gasteiger charge is 2.30. The van der Waals surface area contributed by atoms with Crippen molar-refractivity contribution >= 4 is 21.7 Å². The molecule has 0 saturated heterocycles. The third kappa shape index (κ3) is 5.78. The van der Waals surface area contributed by atoms with E-state index in [2.05, 4.69) is 26.2 Å². The standard InChI is InChI=1S/C12H17BrF3N3/c1-8(2)17-5-9-4-10(13)6-18-11(9)19(3)7-12(14,15)16/h4,6,8,17H,5,7H2,1-3H3. The number of aromatic nitrogens is 1. The molecule has 0 aliphatic carbocycles. The summed E-state index contributed by atoms with van der Waals surface area (Å²) in [7, 11) is 1.39. The second kappa shape index (κ2) is 6.56. The van der Waals surface area contributed by atoms with Crippen molar-refractivity contribution in [2.45, 2.75) is 32.6 Å². The van der Waals surface area contributed by atoms with E-state index < -0.39 is 12.7 Å². The molecule has 108 valence electrons. The maximum Gasteiger partial charge on any atom is 0.405 e. The molecular weight excluding hydrogens is 323 g/mol. The van der Waals surface area contributed by atoms with Crippen LogP contribution in [-0.4, -0.2) is 30.8 Å². The summed E-state index contributed by atoms with van der Waals surface area (Å²) >= 11 is 3.28. The Kier molecular flexibility index (Phi) is 5.61. The van der Waals surface area contributed by atoms with Crippen LogP contribution in [0.2, 0.25) is 0 Å². The maximum atomic E-state index is 12.4. The number of halogens is 4. The molecule has 0 spiro atoms. The Labute approximate surface area is 119 Å². The minimum atomic E-state index is -4.24. The molecule has 0 saturated carbocycles. The van der Waals surface area contributed by atoms with Crippen LogP contribution in [0.15, 0.2) is 16.7 Å². The van der Waals surface area contributed by atoms with E-state index in [0.717, 1.165) is 14.9 Å². The lowest BCUT2D eigenvalue weighted by atomic mass is 10.2. The number of alkyl halides is 3. The molecule has 0 amide bonds. The lowest BCUT2D eigenvalue weighted by molar-refractivity contribution is -0.119. The Morgan fingerprint density at radius 1 is 1.42 bits per heavy atom. The second-order valence-corrected chi connectivity index (χ2v) is 5.56. The summed E-state index contributed by atoms with van der Waals surface area (Å²) in [6.45, 7) is 3.41. The largest absolute Gasteiger partial charge is 0.405 e. The Morgan fingerprint density at radius 3 is 2.58 bits per heavy atom. The van der Waals surface area contributed by atoms with E-state index in [1.165, 1.54) is 13.2 Å². The van der Waals surface area contributed by atoms with Crippen molar-refractivity contribution in [1.29, 1.82) is 0 Å². The van der Waals surface area contributed by atoms with Gasteiger partial charge in [0.2, 0.25) is 0 Å². The minimum Gasteiger partial charge on any atom is -0.350 e. The van der Waals surface area contributed by atoms with Crippen LogP contribution in [0.3, 0.4) is 0 Å². The fourth-order valence-electron chi connectivity index (χ4n) is 1.61. The van der Waals surface area contributed by atoms with Crippen LogP contribution in [0.5, 0.6) is 0 Å². The molecule has 0 fully saturated rings. The van der Waals surface area contributed by atoms with Crippen molar-refractivity contribution in [3.63, 3.8) is 0 Å². The van der Waals surface area contributed by atoms with E-state index in [9.17, 15) is 13.2 Å². The van der Waals surface area contributed by atoms with E-state index in [0.29, 0.717) is 12.4 Å². The van der Waals surface area contributed by atoms with Gasteiger partial charge in [-0.1, -0.05) is 13.8 Å². The van der Waals surface area contributed by atoms with Gasteiger partial charge in [0.1, 0.15) is 12.4 Å². The van der Waals surface area contributed by atoms with Crippen LogP contribution in [0, 0.1) is 0 Å². The van der Waals surface area contributed by atoms with Gasteiger partial charge < -0.3 is 10.2 Å². The van der Waals surface area contributed by atoms with Crippen LogP contribution in [-0.2, 0) is 6.54 Å². The van der Waals surface area contributed by atoms with E-state index in [-0.39, 0.29) is 6.04 Å². The molecule has 0 atom stereocenters. The van der Waals surface area contributed by atoms with Crippen LogP contribution in [0.1, 0.15) is 19.4 Å². The highest BCUT2D eigenvalue weighted by atomic mass is 79.9. The minimum absolute atomic E-state index is 0.250. The summed E-state index contributed by atoms with van der Waals surface area (Å²) in [6.07, 6.45) is -2.74. The molecular formula is C12H17BrF3N3. The van der Waals surface area contributed by atoms with Crippen LogP contribution in [0.25, 0.3) is 0 Å². The molecule has 0 aliphatic rings. The zero-order valence-electron chi connectivity index (χ0n) is 11.1. The van der Waals surface area contributed by atoms with Gasteiger partial charge in [-0.05, 0) is 22.0 Å². The normalized spacial score (nSPS) is 12.0. The predicted octanol–water partition coefficient (Wildman–Crippen LogP) is 3.34. The van der Waals surface area contributed by atoms with Gasteiger partial charge in [-0.25, -0.2) is 4.98 Å². The fraction of sp³-hybridized carbons (Fsp3) is 0.583. The first-order valence-corrected chi connectivity index (χ1v) is 6.64. The topological polar surface area (TPSA) is 28.2 Å². The number of nitrogens with zero attached hydrogens (tertiary/aromatic N) is 2. The number of hydrogen-bond donors (Lipinski definition) is 1. The molecule has 0 radical (unpaired) electrons. The van der Waals surface area contributed by atoms with Crippen LogP contribution < -0.4 is 10.2 Å². The zero-order valence-corrected chi connectivity index (χ0v) is 12.6. The molecule has 3 nitrogen and oxygen atoms in total. The average molecular weight is 340 g/mol. The Bertz CT molecular complexity index is 421. The van der Waals surface area contributed by atoms with Gasteiger partial charge in [0.25, 0.3) is 0 Å². The number of anilines is 1. The van der Waals surface area contributed by atoms with Crippen molar-refractivity contribution < 1.29 is 13.2 Å². The third-order valence-corrected chi connectivity index (χ3v) is 2.82. The van der Waals surface area contributed by atoms with Crippen LogP contribution in [0.4, 0.5) is 19.0 Å². The first-order chi connectivity index (χ1) is 8.69. The summed E-state index contributed by atoms with van der Waals surface area (Å²) in [6, 6.07) is 2.03. The Hall–Kier alpha value is -0.820. The summed E-state index contributed by atoms with van der Waals surface area (Å²) < 4.78 is 38.0. The first kappa shape index (κ1) is 16.2. The van der Waals surface area contributed by atoms with Gasteiger partial charge in [-0.3, -0.25) is 0 Å². The van der Waals surface area contributed by atoms with Gasteiger partial charge in [-0.2, -0.15) is 13.2 Å². The summed E-state index contributed by atoms with van der Waals surface area (Å²) in [5, 5.41) is 3.18. The predicted molar refractivity (Wildman–Crippen MR) is 73.2 cm³/mol. The summed E-state index contributed by atoms with van der Waals surface area (Å²) in [5.74, 6) is 0.341. The molecule has 0 aliphatic heterocycles. The number of rotatable bonds is 5. The smallest absolute Gasteiger partial charge is 0.350 e. The molecule has 1 aromatic rings. The molecule has 1 aromatic heterocycles. The van der Waals surface area contributed by atoms with Gasteiger partial charge in [-0.15, -0.1) is 0 Å². The van der Waals surface area contributed by atoms with Crippen molar-refractivity contribution in [2.75, 3.05) is 18.5 Å². The fourth-order valence-corrected chi connectivity index (χ4v) is 1.98. The van der Waals surface area contributed by atoms with E-state index in [1.54, 1.807) is 6.07 Å². The van der Waals surface area contributed by atoms with Crippen molar-refractivity contribution in [2.24, 2.45) is 0 Å². The molecule has 1 N–H and O–H groups in total. The lowest BCUT2D eigenvalue weighted by Gasteiger charge is -2.23. The quantitative estimate of drug-likeness (QED) is 0.891. The highest BCUT2D eigenvalue weighted by Crippen LogP contribution is 2.24. The highest BCUT2D eigenvalue weighted by molar-refractivity contribution is 9.10. The Morgan fingerprint density at radius 2 is 2.05 bits per heavy atom. The van der Waals surface area contributed by atoms with Crippen molar-refractivity contribution in [3.8, 4) is 0 Å². The van der Waals surface area contributed by atoms with Gasteiger partial charge in [0, 0.05) is 35.9 Å². The van der Waals surface area contributed by atoms with E-state index in [1.807, 2.05) is 13.8 Å². The zero-order chi connectivity index (χ0) is 14.6. The SMILES string of the molecule is CC(C)NCc1cc(Br)cnc1N(C)CC(F)(F)F. The molecule has 1 rings (SSSR count). The van der Waals surface area contributed by atoms with Gasteiger partial charge in [0.15, 0.2) is 0 Å². The molecule has 0 aromatic carbocycles.